The molecular weight excluding hydrogens is 217 g/mol. The molecule has 17 heavy (non-hydrogen) atoms. The summed E-state index contributed by atoms with van der Waals surface area (Å²) < 4.78 is 19.2. The normalized spacial score (nSPS) is 25.3. The first-order valence-corrected chi connectivity index (χ1v) is 6.13. The van der Waals surface area contributed by atoms with E-state index in [0.717, 1.165) is 25.1 Å². The average Bonchev–Trinajstić information content (AvgIpc) is 2.78. The number of piperidine rings is 1. The Morgan fingerprint density at radius 2 is 2.29 bits per heavy atom. The first kappa shape index (κ1) is 10.8. The molecule has 2 unspecified atom stereocenters. The molecule has 1 aliphatic rings. The monoisotopic (exact) mass is 233 g/mol. The van der Waals surface area contributed by atoms with Gasteiger partial charge in [0, 0.05) is 0 Å². The van der Waals surface area contributed by atoms with Crippen LogP contribution in [0.5, 0.6) is 0 Å². The van der Waals surface area contributed by atoms with Crippen LogP contribution in [0.2, 0.25) is 0 Å². The summed E-state index contributed by atoms with van der Waals surface area (Å²) in [5.74, 6) is 0.799. The number of hydrogen-bond donors (Lipinski definition) is 1. The van der Waals surface area contributed by atoms with E-state index in [-0.39, 0.29) is 5.82 Å². The van der Waals surface area contributed by atoms with Crippen LogP contribution in [0.4, 0.5) is 4.39 Å². The van der Waals surface area contributed by atoms with Crippen LogP contribution in [-0.2, 0) is 0 Å². The molecule has 1 fully saturated rings. The van der Waals surface area contributed by atoms with E-state index < -0.39 is 0 Å². The molecule has 3 heteroatoms. The van der Waals surface area contributed by atoms with Crippen LogP contribution in [0.3, 0.4) is 0 Å². The Morgan fingerprint density at radius 3 is 3.12 bits per heavy atom. The van der Waals surface area contributed by atoms with Gasteiger partial charge in [-0.25, -0.2) is 4.39 Å². The minimum Gasteiger partial charge on any atom is -0.464 e. The van der Waals surface area contributed by atoms with Crippen LogP contribution in [-0.4, -0.2) is 13.1 Å². The van der Waals surface area contributed by atoms with E-state index in [9.17, 15) is 4.39 Å². The lowest BCUT2D eigenvalue weighted by Crippen LogP contribution is -2.33. The lowest BCUT2D eigenvalue weighted by molar-refractivity contribution is 0.349. The second kappa shape index (κ2) is 4.15. The third-order valence-corrected chi connectivity index (χ3v) is 3.76. The summed E-state index contributed by atoms with van der Waals surface area (Å²) in [6.07, 6.45) is 2.61. The van der Waals surface area contributed by atoms with Gasteiger partial charge in [-0.1, -0.05) is 6.92 Å². The highest BCUT2D eigenvalue weighted by Gasteiger charge is 2.24. The number of rotatable bonds is 1. The summed E-state index contributed by atoms with van der Waals surface area (Å²) >= 11 is 0. The lowest BCUT2D eigenvalue weighted by Gasteiger charge is -2.29. The molecule has 1 saturated heterocycles. The summed E-state index contributed by atoms with van der Waals surface area (Å²) in [6.45, 7) is 4.22. The number of benzene rings is 1. The molecule has 90 valence electrons. The van der Waals surface area contributed by atoms with Crippen molar-refractivity contribution in [2.45, 2.75) is 19.3 Å². The molecule has 2 atom stereocenters. The third kappa shape index (κ3) is 1.84. The Kier molecular flexibility index (Phi) is 2.63. The standard InChI is InChI=1S/C14H16FNO/c1-9-8-16-4-2-11(9)10-6-13(15)12-3-5-17-14(12)7-10/h3,5-7,9,11,16H,2,4,8H2,1H3. The van der Waals surface area contributed by atoms with E-state index >= 15 is 0 Å². The summed E-state index contributed by atoms with van der Waals surface area (Å²) in [5, 5.41) is 3.94. The van der Waals surface area contributed by atoms with Gasteiger partial charge in [0.1, 0.15) is 11.4 Å². The predicted molar refractivity (Wildman–Crippen MR) is 65.6 cm³/mol. The van der Waals surface area contributed by atoms with E-state index in [4.69, 9.17) is 4.42 Å². The SMILES string of the molecule is CC1CNCCC1c1cc(F)c2ccoc2c1. The van der Waals surface area contributed by atoms with Crippen LogP contribution in [0.1, 0.15) is 24.8 Å². The third-order valence-electron chi connectivity index (χ3n) is 3.76. The van der Waals surface area contributed by atoms with Crippen molar-refractivity contribution in [1.29, 1.82) is 0 Å². The average molecular weight is 233 g/mol. The molecule has 3 rings (SSSR count). The maximum absolute atomic E-state index is 13.9. The lowest BCUT2D eigenvalue weighted by atomic mass is 9.82. The van der Waals surface area contributed by atoms with Crippen LogP contribution in [0.25, 0.3) is 11.0 Å². The number of halogens is 1. The second-order valence-electron chi connectivity index (χ2n) is 4.91. The van der Waals surface area contributed by atoms with Crippen molar-refractivity contribution in [3.63, 3.8) is 0 Å². The van der Waals surface area contributed by atoms with Crippen molar-refractivity contribution >= 4 is 11.0 Å². The van der Waals surface area contributed by atoms with Gasteiger partial charge in [0.2, 0.25) is 0 Å². The van der Waals surface area contributed by atoms with Crippen LogP contribution < -0.4 is 5.32 Å². The minimum atomic E-state index is -0.169. The summed E-state index contributed by atoms with van der Waals surface area (Å²) in [7, 11) is 0. The number of fused-ring (bicyclic) bond motifs is 1. The van der Waals surface area contributed by atoms with Crippen molar-refractivity contribution in [2.75, 3.05) is 13.1 Å². The highest BCUT2D eigenvalue weighted by molar-refractivity contribution is 5.78. The van der Waals surface area contributed by atoms with Crippen molar-refractivity contribution < 1.29 is 8.81 Å². The molecule has 1 aromatic carbocycles. The predicted octanol–water partition coefficient (Wildman–Crippen LogP) is 3.28. The molecule has 0 spiro atoms. The fraction of sp³-hybridized carbons (Fsp3) is 0.429. The van der Waals surface area contributed by atoms with Crippen molar-refractivity contribution in [3.8, 4) is 0 Å². The molecule has 0 radical (unpaired) electrons. The van der Waals surface area contributed by atoms with Crippen molar-refractivity contribution in [1.82, 2.24) is 5.32 Å². The molecule has 0 bridgehead atoms. The number of hydrogen-bond acceptors (Lipinski definition) is 2. The Morgan fingerprint density at radius 1 is 1.41 bits per heavy atom. The number of furan rings is 1. The molecular formula is C14H16FNO. The minimum absolute atomic E-state index is 0.169. The Balaban J connectivity index is 2.04. The van der Waals surface area contributed by atoms with E-state index in [1.807, 2.05) is 6.07 Å². The van der Waals surface area contributed by atoms with Crippen molar-refractivity contribution in [2.24, 2.45) is 5.92 Å². The van der Waals surface area contributed by atoms with Gasteiger partial charge in [0.25, 0.3) is 0 Å². The maximum Gasteiger partial charge on any atom is 0.137 e. The molecule has 1 aromatic heterocycles. The van der Waals surface area contributed by atoms with Gasteiger partial charge in [0.15, 0.2) is 0 Å². The fourth-order valence-corrected chi connectivity index (χ4v) is 2.77. The Hall–Kier alpha value is -1.35. The first-order valence-electron chi connectivity index (χ1n) is 6.13. The summed E-state index contributed by atoms with van der Waals surface area (Å²) in [4.78, 5) is 0. The van der Waals surface area contributed by atoms with Gasteiger partial charge >= 0.3 is 0 Å². The van der Waals surface area contributed by atoms with Crippen LogP contribution >= 0.6 is 0 Å². The molecule has 0 amide bonds. The zero-order valence-corrected chi connectivity index (χ0v) is 9.87. The molecule has 2 aromatic rings. The quantitative estimate of drug-likeness (QED) is 0.817. The van der Waals surface area contributed by atoms with Gasteiger partial charge in [0.05, 0.1) is 11.6 Å². The highest BCUT2D eigenvalue weighted by atomic mass is 19.1. The first-order chi connectivity index (χ1) is 8.25. The highest BCUT2D eigenvalue weighted by Crippen LogP contribution is 2.33. The maximum atomic E-state index is 13.9. The summed E-state index contributed by atoms with van der Waals surface area (Å²) in [5.41, 5.74) is 1.73. The topological polar surface area (TPSA) is 25.2 Å². The van der Waals surface area contributed by atoms with Gasteiger partial charge in [-0.3, -0.25) is 0 Å². The molecule has 1 aliphatic heterocycles. The second-order valence-corrected chi connectivity index (χ2v) is 4.91. The van der Waals surface area contributed by atoms with E-state index in [2.05, 4.69) is 12.2 Å². The van der Waals surface area contributed by atoms with E-state index in [1.165, 1.54) is 0 Å². The molecule has 2 nitrogen and oxygen atoms in total. The molecule has 0 saturated carbocycles. The van der Waals surface area contributed by atoms with E-state index in [0.29, 0.717) is 22.8 Å². The van der Waals surface area contributed by atoms with Crippen LogP contribution in [0, 0.1) is 11.7 Å². The van der Waals surface area contributed by atoms with Gasteiger partial charge in [-0.15, -0.1) is 0 Å². The zero-order chi connectivity index (χ0) is 11.8. The molecule has 1 N–H and O–H groups in total. The largest absolute Gasteiger partial charge is 0.464 e. The van der Waals surface area contributed by atoms with Gasteiger partial charge in [-0.05, 0) is 55.1 Å². The molecule has 2 heterocycles. The van der Waals surface area contributed by atoms with Gasteiger partial charge in [-0.2, -0.15) is 0 Å². The summed E-state index contributed by atoms with van der Waals surface area (Å²) in [6, 6.07) is 5.34. The Bertz CT molecular complexity index is 534. The van der Waals surface area contributed by atoms with Crippen LogP contribution in [0.15, 0.2) is 28.9 Å². The zero-order valence-electron chi connectivity index (χ0n) is 9.87. The van der Waals surface area contributed by atoms with Gasteiger partial charge < -0.3 is 9.73 Å². The van der Waals surface area contributed by atoms with Crippen molar-refractivity contribution in [3.05, 3.63) is 35.8 Å². The molecule has 0 aliphatic carbocycles. The Labute approximate surface area is 99.8 Å². The smallest absolute Gasteiger partial charge is 0.137 e. The fourth-order valence-electron chi connectivity index (χ4n) is 2.77. The number of nitrogens with one attached hydrogen (secondary N) is 1. The van der Waals surface area contributed by atoms with E-state index in [1.54, 1.807) is 18.4 Å².